The normalized spacial score (nSPS) is 14.4. The molecule has 2 heterocycles. The van der Waals surface area contributed by atoms with E-state index in [0.717, 1.165) is 24.5 Å². The summed E-state index contributed by atoms with van der Waals surface area (Å²) in [6, 6.07) is 8.36. The fraction of sp³-hybridized carbons (Fsp3) is 0.286. The Bertz CT molecular complexity index is 666. The molecular formula is C14H14IN3S. The van der Waals surface area contributed by atoms with Crippen LogP contribution in [0.15, 0.2) is 24.3 Å². The van der Waals surface area contributed by atoms with Crippen molar-refractivity contribution >= 4 is 40.6 Å². The molecule has 3 rings (SSSR count). The summed E-state index contributed by atoms with van der Waals surface area (Å²) in [5.41, 5.74) is 3.58. The maximum atomic E-state index is 5.26. The molecule has 98 valence electrons. The molecule has 3 nitrogen and oxygen atoms in total. The van der Waals surface area contributed by atoms with Gasteiger partial charge >= 0.3 is 0 Å². The highest BCUT2D eigenvalue weighted by atomic mass is 127. The van der Waals surface area contributed by atoms with Gasteiger partial charge in [0.1, 0.15) is 5.82 Å². The molecule has 0 bridgehead atoms. The highest BCUT2D eigenvalue weighted by Crippen LogP contribution is 2.31. The second-order valence-corrected chi connectivity index (χ2v) is 6.16. The van der Waals surface area contributed by atoms with Gasteiger partial charge in [-0.3, -0.25) is 0 Å². The van der Waals surface area contributed by atoms with Crippen LogP contribution >= 0.6 is 34.8 Å². The molecule has 0 amide bonds. The summed E-state index contributed by atoms with van der Waals surface area (Å²) in [5.74, 6) is 0.955. The van der Waals surface area contributed by atoms with Gasteiger partial charge in [-0.2, -0.15) is 0 Å². The van der Waals surface area contributed by atoms with E-state index in [9.17, 15) is 0 Å². The molecular weight excluding hydrogens is 369 g/mol. The quantitative estimate of drug-likeness (QED) is 0.574. The Morgan fingerprint density at radius 3 is 2.89 bits per heavy atom. The largest absolute Gasteiger partial charge is 0.370 e. The first kappa shape index (κ1) is 13.1. The average Bonchev–Trinajstić information content (AvgIpc) is 2.63. The topological polar surface area (TPSA) is 40.7 Å². The van der Waals surface area contributed by atoms with Crippen molar-refractivity contribution in [1.29, 1.82) is 0 Å². The standard InChI is InChI=1S/C14H14IN3S/c15-11-7-2-1-5-9(11)12-10-6-3-4-8-16-13(10)18-14(19)17-12/h1-2,5,7H,3-4,6,8H2,(H2,16,17,18,19). The Morgan fingerprint density at radius 2 is 2.05 bits per heavy atom. The molecule has 2 N–H and O–H groups in total. The van der Waals surface area contributed by atoms with Crippen molar-refractivity contribution in [2.75, 3.05) is 11.9 Å². The SMILES string of the molecule is S=c1nc2c(c(-c3ccccc3I)[nH]1)CCCCN2. The molecule has 1 aliphatic heterocycles. The summed E-state index contributed by atoms with van der Waals surface area (Å²) >= 11 is 7.63. The van der Waals surface area contributed by atoms with E-state index >= 15 is 0 Å². The number of rotatable bonds is 1. The van der Waals surface area contributed by atoms with Crippen molar-refractivity contribution in [2.24, 2.45) is 0 Å². The first-order valence-electron chi connectivity index (χ1n) is 6.37. The van der Waals surface area contributed by atoms with Gasteiger partial charge in [0.2, 0.25) is 0 Å². The highest BCUT2D eigenvalue weighted by Gasteiger charge is 2.16. The van der Waals surface area contributed by atoms with Crippen molar-refractivity contribution < 1.29 is 0 Å². The lowest BCUT2D eigenvalue weighted by Gasteiger charge is -2.13. The number of fused-ring (bicyclic) bond motifs is 1. The molecule has 1 aromatic heterocycles. The van der Waals surface area contributed by atoms with Gasteiger partial charge in [-0.15, -0.1) is 0 Å². The zero-order valence-electron chi connectivity index (χ0n) is 10.4. The van der Waals surface area contributed by atoms with E-state index in [4.69, 9.17) is 12.2 Å². The van der Waals surface area contributed by atoms with E-state index in [1.807, 2.05) is 0 Å². The summed E-state index contributed by atoms with van der Waals surface area (Å²) in [4.78, 5) is 7.71. The van der Waals surface area contributed by atoms with Crippen LogP contribution in [-0.2, 0) is 6.42 Å². The summed E-state index contributed by atoms with van der Waals surface area (Å²) in [7, 11) is 0. The number of halogens is 1. The molecule has 0 fully saturated rings. The molecule has 0 spiro atoms. The Morgan fingerprint density at radius 1 is 1.21 bits per heavy atom. The number of benzene rings is 1. The van der Waals surface area contributed by atoms with Crippen LogP contribution in [0, 0.1) is 8.34 Å². The third-order valence-corrected chi connectivity index (χ3v) is 4.46. The first-order chi connectivity index (χ1) is 9.25. The zero-order chi connectivity index (χ0) is 13.2. The number of hydrogen-bond donors (Lipinski definition) is 2. The summed E-state index contributed by atoms with van der Waals surface area (Å²) in [5, 5.41) is 3.40. The van der Waals surface area contributed by atoms with Crippen LogP contribution in [-0.4, -0.2) is 16.5 Å². The van der Waals surface area contributed by atoms with Crippen molar-refractivity contribution in [1.82, 2.24) is 9.97 Å². The predicted octanol–water partition coefficient (Wildman–Crippen LogP) is 4.16. The van der Waals surface area contributed by atoms with Gasteiger partial charge in [0, 0.05) is 21.2 Å². The van der Waals surface area contributed by atoms with Crippen LogP contribution in [0.4, 0.5) is 5.82 Å². The van der Waals surface area contributed by atoms with E-state index in [1.165, 1.54) is 27.5 Å². The maximum Gasteiger partial charge on any atom is 0.199 e. The van der Waals surface area contributed by atoms with Gasteiger partial charge < -0.3 is 10.3 Å². The molecule has 5 heteroatoms. The lowest BCUT2D eigenvalue weighted by atomic mass is 10.0. The molecule has 19 heavy (non-hydrogen) atoms. The summed E-state index contributed by atoms with van der Waals surface area (Å²) in [6.45, 7) is 0.976. The minimum Gasteiger partial charge on any atom is -0.370 e. The summed E-state index contributed by atoms with van der Waals surface area (Å²) < 4.78 is 1.77. The van der Waals surface area contributed by atoms with Crippen molar-refractivity contribution in [3.63, 3.8) is 0 Å². The van der Waals surface area contributed by atoms with Gasteiger partial charge in [-0.1, -0.05) is 18.2 Å². The van der Waals surface area contributed by atoms with Gasteiger partial charge in [0.25, 0.3) is 0 Å². The average molecular weight is 383 g/mol. The smallest absolute Gasteiger partial charge is 0.199 e. The molecule has 0 saturated carbocycles. The Labute approximate surface area is 131 Å². The van der Waals surface area contributed by atoms with Crippen LogP contribution < -0.4 is 5.32 Å². The van der Waals surface area contributed by atoms with Gasteiger partial charge in [-0.05, 0) is 60.1 Å². The first-order valence-corrected chi connectivity index (χ1v) is 7.86. The van der Waals surface area contributed by atoms with E-state index in [0.29, 0.717) is 4.77 Å². The second-order valence-electron chi connectivity index (χ2n) is 4.61. The zero-order valence-corrected chi connectivity index (χ0v) is 13.3. The molecule has 0 atom stereocenters. The lowest BCUT2D eigenvalue weighted by Crippen LogP contribution is -2.05. The molecule has 2 aromatic rings. The molecule has 1 aliphatic rings. The Hall–Kier alpha value is -0.950. The third-order valence-electron chi connectivity index (χ3n) is 3.32. The van der Waals surface area contributed by atoms with Crippen molar-refractivity contribution in [3.05, 3.63) is 38.2 Å². The van der Waals surface area contributed by atoms with Crippen molar-refractivity contribution in [3.8, 4) is 11.3 Å². The number of anilines is 1. The minimum absolute atomic E-state index is 0.544. The Balaban J connectivity index is 2.24. The van der Waals surface area contributed by atoms with E-state index in [-0.39, 0.29) is 0 Å². The number of H-pyrrole nitrogens is 1. The van der Waals surface area contributed by atoms with Gasteiger partial charge in [-0.25, -0.2) is 4.98 Å². The lowest BCUT2D eigenvalue weighted by molar-refractivity contribution is 0.785. The number of aromatic amines is 1. The second kappa shape index (κ2) is 5.58. The number of aromatic nitrogens is 2. The highest BCUT2D eigenvalue weighted by molar-refractivity contribution is 14.1. The van der Waals surface area contributed by atoms with Crippen LogP contribution in [0.25, 0.3) is 11.3 Å². The number of hydrogen-bond acceptors (Lipinski definition) is 3. The monoisotopic (exact) mass is 383 g/mol. The van der Waals surface area contributed by atoms with Gasteiger partial charge in [0.05, 0.1) is 5.69 Å². The van der Waals surface area contributed by atoms with Crippen molar-refractivity contribution in [2.45, 2.75) is 19.3 Å². The van der Waals surface area contributed by atoms with Crippen LogP contribution in [0.5, 0.6) is 0 Å². The van der Waals surface area contributed by atoms with E-state index < -0.39 is 0 Å². The third kappa shape index (κ3) is 2.67. The molecule has 0 saturated heterocycles. The number of nitrogens with one attached hydrogen (secondary N) is 2. The fourth-order valence-corrected chi connectivity index (χ4v) is 3.27. The van der Waals surface area contributed by atoms with Crippen LogP contribution in [0.2, 0.25) is 0 Å². The Kier molecular flexibility index (Phi) is 3.83. The molecule has 0 aliphatic carbocycles. The molecule has 1 aromatic carbocycles. The predicted molar refractivity (Wildman–Crippen MR) is 89.0 cm³/mol. The molecule has 0 radical (unpaired) electrons. The van der Waals surface area contributed by atoms with Gasteiger partial charge in [0.15, 0.2) is 4.77 Å². The minimum atomic E-state index is 0.544. The molecule has 0 unspecified atom stereocenters. The van der Waals surface area contributed by atoms with E-state index in [2.05, 4.69) is 62.1 Å². The fourth-order valence-electron chi connectivity index (χ4n) is 2.41. The van der Waals surface area contributed by atoms with Crippen LogP contribution in [0.1, 0.15) is 18.4 Å². The van der Waals surface area contributed by atoms with E-state index in [1.54, 1.807) is 0 Å². The summed E-state index contributed by atoms with van der Waals surface area (Å²) in [6.07, 6.45) is 3.40. The van der Waals surface area contributed by atoms with Crippen LogP contribution in [0.3, 0.4) is 0 Å². The maximum absolute atomic E-state index is 5.26. The number of nitrogens with zero attached hydrogens (tertiary/aromatic N) is 1.